The topological polar surface area (TPSA) is 58.9 Å². The van der Waals surface area contributed by atoms with Gasteiger partial charge in [0.1, 0.15) is 5.78 Å². The fourth-order valence-corrected chi connectivity index (χ4v) is 1.49. The minimum atomic E-state index is 0.167. The predicted molar refractivity (Wildman–Crippen MR) is 67.4 cm³/mol. The Balaban J connectivity index is 0.000000280. The molecular formula is C13H18N2O. The van der Waals surface area contributed by atoms with Crippen molar-refractivity contribution in [1.29, 1.82) is 0 Å². The number of aromatic nitrogens is 1. The number of H-pyrrole nitrogens is 1. The Morgan fingerprint density at radius 2 is 1.94 bits per heavy atom. The molecule has 86 valence electrons. The zero-order chi connectivity index (χ0) is 12.0. The average molecular weight is 218 g/mol. The van der Waals surface area contributed by atoms with Crippen LogP contribution in [0.3, 0.4) is 0 Å². The number of carbonyl (C=O) groups excluding carboxylic acids is 1. The number of hydrogen-bond acceptors (Lipinski definition) is 2. The molecule has 0 unspecified atom stereocenters. The van der Waals surface area contributed by atoms with E-state index in [2.05, 4.69) is 23.2 Å². The number of benzene rings is 1. The molecular weight excluding hydrogens is 200 g/mol. The molecule has 0 saturated heterocycles. The molecule has 0 spiro atoms. The van der Waals surface area contributed by atoms with E-state index in [-0.39, 0.29) is 5.78 Å². The number of ketones is 1. The maximum absolute atomic E-state index is 9.44. The van der Waals surface area contributed by atoms with Gasteiger partial charge in [0.2, 0.25) is 0 Å². The number of aromatic amines is 1. The van der Waals surface area contributed by atoms with Crippen LogP contribution in [0.1, 0.15) is 19.4 Å². The van der Waals surface area contributed by atoms with Gasteiger partial charge >= 0.3 is 0 Å². The van der Waals surface area contributed by atoms with Gasteiger partial charge in [-0.15, -0.1) is 0 Å². The smallest absolute Gasteiger partial charge is 0.126 e. The Morgan fingerprint density at radius 1 is 1.31 bits per heavy atom. The fourth-order valence-electron chi connectivity index (χ4n) is 1.49. The summed E-state index contributed by atoms with van der Waals surface area (Å²) in [4.78, 5) is 12.7. The van der Waals surface area contributed by atoms with Crippen LogP contribution in [0.5, 0.6) is 0 Å². The van der Waals surface area contributed by atoms with Gasteiger partial charge in [-0.05, 0) is 38.4 Å². The van der Waals surface area contributed by atoms with Crippen molar-refractivity contribution in [3.63, 3.8) is 0 Å². The molecule has 1 aromatic carbocycles. The Kier molecular flexibility index (Phi) is 4.73. The van der Waals surface area contributed by atoms with E-state index >= 15 is 0 Å². The third kappa shape index (κ3) is 3.51. The van der Waals surface area contributed by atoms with E-state index in [0.29, 0.717) is 6.54 Å². The van der Waals surface area contributed by atoms with Crippen LogP contribution in [0.15, 0.2) is 30.5 Å². The van der Waals surface area contributed by atoms with Crippen molar-refractivity contribution in [1.82, 2.24) is 4.98 Å². The summed E-state index contributed by atoms with van der Waals surface area (Å²) in [6, 6.07) is 8.29. The van der Waals surface area contributed by atoms with Crippen LogP contribution < -0.4 is 5.73 Å². The number of nitrogens with one attached hydrogen (secondary N) is 1. The molecule has 3 N–H and O–H groups in total. The summed E-state index contributed by atoms with van der Waals surface area (Å²) in [7, 11) is 0. The maximum atomic E-state index is 9.44. The van der Waals surface area contributed by atoms with Gasteiger partial charge in [-0.25, -0.2) is 0 Å². The summed E-state index contributed by atoms with van der Waals surface area (Å²) in [6.45, 7) is 3.77. The summed E-state index contributed by atoms with van der Waals surface area (Å²) in [5, 5.41) is 1.29. The van der Waals surface area contributed by atoms with Gasteiger partial charge in [0.15, 0.2) is 0 Å². The van der Waals surface area contributed by atoms with Gasteiger partial charge < -0.3 is 15.5 Å². The van der Waals surface area contributed by atoms with E-state index in [0.717, 1.165) is 6.42 Å². The molecule has 2 rings (SSSR count). The van der Waals surface area contributed by atoms with Crippen molar-refractivity contribution < 1.29 is 4.79 Å². The van der Waals surface area contributed by atoms with Crippen LogP contribution >= 0.6 is 0 Å². The molecule has 0 fully saturated rings. The second-order valence-electron chi connectivity index (χ2n) is 3.81. The lowest BCUT2D eigenvalue weighted by molar-refractivity contribution is -0.114. The van der Waals surface area contributed by atoms with Gasteiger partial charge in [-0.3, -0.25) is 0 Å². The van der Waals surface area contributed by atoms with E-state index in [9.17, 15) is 4.79 Å². The molecule has 0 bridgehead atoms. The van der Waals surface area contributed by atoms with Crippen molar-refractivity contribution >= 4 is 16.7 Å². The van der Waals surface area contributed by atoms with Crippen molar-refractivity contribution in [2.45, 2.75) is 20.3 Å². The molecule has 16 heavy (non-hydrogen) atoms. The Hall–Kier alpha value is -1.61. The number of Topliss-reactive ketones (excluding diaryl/α,β-unsaturated/α-hetero) is 1. The van der Waals surface area contributed by atoms with Crippen molar-refractivity contribution in [3.8, 4) is 0 Å². The number of hydrogen-bond donors (Lipinski definition) is 2. The predicted octanol–water partition coefficient (Wildman–Crippen LogP) is 2.26. The molecule has 0 radical (unpaired) electrons. The first kappa shape index (κ1) is 12.5. The number of fused-ring (bicyclic) bond motifs is 1. The van der Waals surface area contributed by atoms with E-state index < -0.39 is 0 Å². The first-order valence-corrected chi connectivity index (χ1v) is 5.37. The molecule has 0 atom stereocenters. The number of nitrogens with two attached hydrogens (primary N) is 1. The van der Waals surface area contributed by atoms with Crippen molar-refractivity contribution in [2.75, 3.05) is 6.54 Å². The zero-order valence-corrected chi connectivity index (χ0v) is 9.79. The van der Waals surface area contributed by atoms with E-state index in [4.69, 9.17) is 5.73 Å². The van der Waals surface area contributed by atoms with Gasteiger partial charge in [0.25, 0.3) is 0 Å². The monoisotopic (exact) mass is 218 g/mol. The molecule has 0 saturated carbocycles. The van der Waals surface area contributed by atoms with Crippen LogP contribution in [0.4, 0.5) is 0 Å². The van der Waals surface area contributed by atoms with Crippen molar-refractivity contribution in [3.05, 3.63) is 36.0 Å². The molecule has 1 heterocycles. The zero-order valence-electron chi connectivity index (χ0n) is 9.79. The largest absolute Gasteiger partial charge is 0.361 e. The summed E-state index contributed by atoms with van der Waals surface area (Å²) >= 11 is 0. The second-order valence-corrected chi connectivity index (χ2v) is 3.81. The molecule has 0 aliphatic carbocycles. The SMILES string of the molecule is CC(C)=O.NCCc1c[nH]c2ccccc12. The van der Waals surface area contributed by atoms with Gasteiger partial charge in [-0.1, -0.05) is 18.2 Å². The van der Waals surface area contributed by atoms with E-state index in [1.807, 2.05) is 12.3 Å². The molecule has 0 aliphatic rings. The van der Waals surface area contributed by atoms with Crippen LogP contribution in [0, 0.1) is 0 Å². The van der Waals surface area contributed by atoms with Gasteiger partial charge in [0, 0.05) is 17.1 Å². The normalized spacial score (nSPS) is 9.69. The lowest BCUT2D eigenvalue weighted by atomic mass is 10.1. The second kappa shape index (κ2) is 6.08. The molecule has 0 aliphatic heterocycles. The van der Waals surface area contributed by atoms with E-state index in [1.165, 1.54) is 30.3 Å². The summed E-state index contributed by atoms with van der Waals surface area (Å²) in [6.07, 6.45) is 2.99. The Morgan fingerprint density at radius 3 is 2.56 bits per heavy atom. The minimum absolute atomic E-state index is 0.167. The molecule has 1 aromatic heterocycles. The molecule has 3 nitrogen and oxygen atoms in total. The maximum Gasteiger partial charge on any atom is 0.126 e. The van der Waals surface area contributed by atoms with Crippen LogP contribution in [-0.4, -0.2) is 17.3 Å². The quantitative estimate of drug-likeness (QED) is 0.812. The Bertz CT molecular complexity index is 456. The highest BCUT2D eigenvalue weighted by atomic mass is 16.1. The summed E-state index contributed by atoms with van der Waals surface area (Å²) < 4.78 is 0. The molecule has 3 heteroatoms. The van der Waals surface area contributed by atoms with E-state index in [1.54, 1.807) is 0 Å². The summed E-state index contributed by atoms with van der Waals surface area (Å²) in [5.41, 5.74) is 8.01. The standard InChI is InChI=1S/C10H12N2.C3H6O/c11-6-5-8-7-12-10-4-2-1-3-9(8)10;1-3(2)4/h1-4,7,12H,5-6,11H2;1-2H3. The Labute approximate surface area is 95.7 Å². The third-order valence-corrected chi connectivity index (χ3v) is 2.09. The molecule has 2 aromatic rings. The lowest BCUT2D eigenvalue weighted by Crippen LogP contribution is -2.01. The highest BCUT2D eigenvalue weighted by Gasteiger charge is 1.99. The fraction of sp³-hybridized carbons (Fsp3) is 0.308. The number of para-hydroxylation sites is 1. The van der Waals surface area contributed by atoms with Gasteiger partial charge in [0.05, 0.1) is 0 Å². The van der Waals surface area contributed by atoms with Crippen LogP contribution in [-0.2, 0) is 11.2 Å². The first-order valence-electron chi connectivity index (χ1n) is 5.37. The highest BCUT2D eigenvalue weighted by molar-refractivity contribution is 5.83. The average Bonchev–Trinajstić information content (AvgIpc) is 2.62. The molecule has 0 amide bonds. The first-order chi connectivity index (χ1) is 7.65. The highest BCUT2D eigenvalue weighted by Crippen LogP contribution is 2.17. The van der Waals surface area contributed by atoms with Crippen molar-refractivity contribution in [2.24, 2.45) is 5.73 Å². The lowest BCUT2D eigenvalue weighted by Gasteiger charge is -1.93. The third-order valence-electron chi connectivity index (χ3n) is 2.09. The van der Waals surface area contributed by atoms with Gasteiger partial charge in [-0.2, -0.15) is 0 Å². The number of rotatable bonds is 2. The van der Waals surface area contributed by atoms with Crippen LogP contribution in [0.25, 0.3) is 10.9 Å². The number of carbonyl (C=O) groups is 1. The minimum Gasteiger partial charge on any atom is -0.361 e. The summed E-state index contributed by atoms with van der Waals surface area (Å²) in [5.74, 6) is 0.167. The van der Waals surface area contributed by atoms with Crippen LogP contribution in [0.2, 0.25) is 0 Å².